The molecule has 1 aliphatic heterocycles. The first kappa shape index (κ1) is 18.6. The zero-order valence-corrected chi connectivity index (χ0v) is 15.8. The third-order valence-electron chi connectivity index (χ3n) is 4.37. The van der Waals surface area contributed by atoms with Crippen molar-refractivity contribution in [2.24, 2.45) is 5.10 Å². The zero-order valence-electron chi connectivity index (χ0n) is 14.9. The number of hydrogen-bond acceptors (Lipinski definition) is 6. The number of fused-ring (bicyclic) bond motifs is 1. The highest BCUT2D eigenvalue weighted by atomic mass is 32.2. The Bertz CT molecular complexity index is 1160. The van der Waals surface area contributed by atoms with Crippen molar-refractivity contribution in [3.05, 3.63) is 82.4 Å². The molecular weight excluding hydrogens is 392 g/mol. The van der Waals surface area contributed by atoms with Crippen LogP contribution in [0.1, 0.15) is 10.4 Å². The van der Waals surface area contributed by atoms with Gasteiger partial charge in [0, 0.05) is 23.1 Å². The Labute approximate surface area is 169 Å². The molecule has 0 spiro atoms. The van der Waals surface area contributed by atoms with Crippen LogP contribution in [0.2, 0.25) is 0 Å². The number of carbonyl (C=O) groups is 2. The van der Waals surface area contributed by atoms with E-state index in [2.05, 4.69) is 10.5 Å². The number of amidine groups is 1. The highest BCUT2D eigenvalue weighted by molar-refractivity contribution is 8.15. The molecule has 0 saturated carbocycles. The lowest BCUT2D eigenvalue weighted by Gasteiger charge is -2.18. The number of nitrogens with zero attached hydrogens (tertiary/aromatic N) is 3. The standard InChI is InChI=1S/C20H14N4O4S/c25-18-12-29-20(22-21-19(26)14-8-10-15(11-9-14)24(27)28)23(18)17-7-3-5-13-4-1-2-6-16(13)17/h1-11H,12H2,(H,21,26)/b22-20-. The number of carbonyl (C=O) groups excluding carboxylic acids is 2. The van der Waals surface area contributed by atoms with Crippen molar-refractivity contribution in [2.45, 2.75) is 0 Å². The van der Waals surface area contributed by atoms with Crippen molar-refractivity contribution in [1.82, 2.24) is 5.43 Å². The number of hydrazone groups is 1. The van der Waals surface area contributed by atoms with E-state index in [0.29, 0.717) is 10.9 Å². The van der Waals surface area contributed by atoms with Crippen LogP contribution in [0.4, 0.5) is 11.4 Å². The van der Waals surface area contributed by atoms with Gasteiger partial charge in [0.2, 0.25) is 5.91 Å². The van der Waals surface area contributed by atoms with Crippen molar-refractivity contribution >= 4 is 50.9 Å². The summed E-state index contributed by atoms with van der Waals surface area (Å²) in [5.41, 5.74) is 3.24. The Morgan fingerprint density at radius 2 is 1.79 bits per heavy atom. The molecule has 0 aliphatic carbocycles. The molecule has 8 nitrogen and oxygen atoms in total. The van der Waals surface area contributed by atoms with E-state index in [1.165, 1.54) is 40.9 Å². The number of benzene rings is 3. The van der Waals surface area contributed by atoms with Crippen LogP contribution in [0.25, 0.3) is 10.8 Å². The molecule has 1 N–H and O–H groups in total. The number of hydrogen-bond donors (Lipinski definition) is 1. The fraction of sp³-hybridized carbons (Fsp3) is 0.0500. The Morgan fingerprint density at radius 1 is 1.07 bits per heavy atom. The van der Waals surface area contributed by atoms with Crippen LogP contribution in [-0.4, -0.2) is 27.7 Å². The lowest BCUT2D eigenvalue weighted by molar-refractivity contribution is -0.384. The smallest absolute Gasteiger partial charge is 0.271 e. The topological polar surface area (TPSA) is 105 Å². The minimum Gasteiger partial charge on any atom is -0.273 e. The second kappa shape index (κ2) is 7.72. The van der Waals surface area contributed by atoms with E-state index in [4.69, 9.17) is 0 Å². The first-order chi connectivity index (χ1) is 14.0. The molecule has 0 aromatic heterocycles. The van der Waals surface area contributed by atoms with E-state index in [0.717, 1.165) is 10.8 Å². The number of amides is 2. The molecular formula is C20H14N4O4S. The summed E-state index contributed by atoms with van der Waals surface area (Å²) < 4.78 is 0. The van der Waals surface area contributed by atoms with E-state index >= 15 is 0 Å². The summed E-state index contributed by atoms with van der Waals surface area (Å²) in [5, 5.41) is 17.1. The van der Waals surface area contributed by atoms with Gasteiger partial charge in [0.1, 0.15) is 0 Å². The summed E-state index contributed by atoms with van der Waals surface area (Å²) in [4.78, 5) is 36.5. The molecule has 144 valence electrons. The van der Waals surface area contributed by atoms with Crippen molar-refractivity contribution in [1.29, 1.82) is 0 Å². The molecule has 3 aromatic rings. The molecule has 0 radical (unpaired) electrons. The first-order valence-electron chi connectivity index (χ1n) is 8.60. The summed E-state index contributed by atoms with van der Waals surface area (Å²) in [6.45, 7) is 0. The highest BCUT2D eigenvalue weighted by Gasteiger charge is 2.31. The predicted octanol–water partition coefficient (Wildman–Crippen LogP) is 3.53. The molecule has 0 unspecified atom stereocenters. The molecule has 1 fully saturated rings. The normalized spacial score (nSPS) is 15.1. The molecule has 0 bridgehead atoms. The van der Waals surface area contributed by atoms with Gasteiger partial charge in [-0.1, -0.05) is 48.2 Å². The Kier molecular flexibility index (Phi) is 4.96. The summed E-state index contributed by atoms with van der Waals surface area (Å²) in [6.07, 6.45) is 0. The van der Waals surface area contributed by atoms with Gasteiger partial charge in [0.15, 0.2) is 5.17 Å². The zero-order chi connectivity index (χ0) is 20.4. The largest absolute Gasteiger partial charge is 0.273 e. The van der Waals surface area contributed by atoms with Crippen LogP contribution in [0.15, 0.2) is 71.8 Å². The van der Waals surface area contributed by atoms with Gasteiger partial charge in [-0.05, 0) is 23.6 Å². The number of nitrogens with one attached hydrogen (secondary N) is 1. The van der Waals surface area contributed by atoms with Gasteiger partial charge in [0.05, 0.1) is 16.4 Å². The lowest BCUT2D eigenvalue weighted by Crippen LogP contribution is -2.31. The number of nitro benzene ring substituents is 1. The third-order valence-corrected chi connectivity index (χ3v) is 5.29. The first-order valence-corrected chi connectivity index (χ1v) is 9.59. The maximum Gasteiger partial charge on any atom is 0.271 e. The van der Waals surface area contributed by atoms with Crippen molar-refractivity contribution in [3.63, 3.8) is 0 Å². The summed E-state index contributed by atoms with van der Waals surface area (Å²) in [7, 11) is 0. The van der Waals surface area contributed by atoms with Crippen LogP contribution in [0, 0.1) is 10.1 Å². The number of rotatable bonds is 4. The quantitative estimate of drug-likeness (QED) is 0.527. The van der Waals surface area contributed by atoms with Crippen LogP contribution < -0.4 is 10.3 Å². The highest BCUT2D eigenvalue weighted by Crippen LogP contribution is 2.32. The number of non-ortho nitro benzene ring substituents is 1. The predicted molar refractivity (Wildman–Crippen MR) is 112 cm³/mol. The number of nitro groups is 1. The fourth-order valence-corrected chi connectivity index (χ4v) is 3.80. The maximum atomic E-state index is 12.5. The molecule has 1 saturated heterocycles. The van der Waals surface area contributed by atoms with Gasteiger partial charge < -0.3 is 0 Å². The van der Waals surface area contributed by atoms with Crippen LogP contribution >= 0.6 is 11.8 Å². The van der Waals surface area contributed by atoms with Crippen LogP contribution in [0.3, 0.4) is 0 Å². The average molecular weight is 406 g/mol. The lowest BCUT2D eigenvalue weighted by atomic mass is 10.1. The molecule has 3 aromatic carbocycles. The maximum absolute atomic E-state index is 12.5. The molecule has 1 aliphatic rings. The van der Waals surface area contributed by atoms with Gasteiger partial charge in [-0.25, -0.2) is 5.43 Å². The summed E-state index contributed by atoms with van der Waals surface area (Å²) >= 11 is 1.23. The molecule has 0 atom stereocenters. The average Bonchev–Trinajstić information content (AvgIpc) is 3.11. The molecule has 4 rings (SSSR count). The second-order valence-electron chi connectivity index (χ2n) is 6.16. The van der Waals surface area contributed by atoms with E-state index in [9.17, 15) is 19.7 Å². The fourth-order valence-electron chi connectivity index (χ4n) is 2.98. The molecule has 9 heteroatoms. The molecule has 29 heavy (non-hydrogen) atoms. The van der Waals surface area contributed by atoms with Crippen LogP contribution in [0.5, 0.6) is 0 Å². The van der Waals surface area contributed by atoms with Crippen molar-refractivity contribution in [2.75, 3.05) is 10.7 Å². The third kappa shape index (κ3) is 3.67. The summed E-state index contributed by atoms with van der Waals surface area (Å²) in [5.74, 6) is -0.435. The van der Waals surface area contributed by atoms with Crippen molar-refractivity contribution in [3.8, 4) is 0 Å². The Balaban J connectivity index is 1.60. The van der Waals surface area contributed by atoms with Gasteiger partial charge >= 0.3 is 0 Å². The minimum absolute atomic E-state index is 0.105. The van der Waals surface area contributed by atoms with E-state index in [1.54, 1.807) is 0 Å². The summed E-state index contributed by atoms with van der Waals surface area (Å²) in [6, 6.07) is 18.6. The Hall–Kier alpha value is -3.72. The molecule has 2 amide bonds. The minimum atomic E-state index is -0.537. The second-order valence-corrected chi connectivity index (χ2v) is 7.10. The van der Waals surface area contributed by atoms with Gasteiger partial charge in [-0.15, -0.1) is 5.10 Å². The molecule has 1 heterocycles. The Morgan fingerprint density at radius 3 is 2.55 bits per heavy atom. The van der Waals surface area contributed by atoms with E-state index < -0.39 is 10.8 Å². The van der Waals surface area contributed by atoms with Gasteiger partial charge in [0.25, 0.3) is 11.6 Å². The number of anilines is 1. The van der Waals surface area contributed by atoms with Crippen LogP contribution in [-0.2, 0) is 4.79 Å². The van der Waals surface area contributed by atoms with Gasteiger partial charge in [-0.2, -0.15) is 0 Å². The van der Waals surface area contributed by atoms with E-state index in [1.807, 2.05) is 42.5 Å². The van der Waals surface area contributed by atoms with Gasteiger partial charge in [-0.3, -0.25) is 24.6 Å². The van der Waals surface area contributed by atoms with E-state index in [-0.39, 0.29) is 22.9 Å². The SMILES string of the molecule is O=C(N/N=C1\SCC(=O)N1c1cccc2ccccc12)c1ccc([N+](=O)[O-])cc1. The monoisotopic (exact) mass is 406 g/mol. The van der Waals surface area contributed by atoms with Crippen molar-refractivity contribution < 1.29 is 14.5 Å². The number of thioether (sulfide) groups is 1.